The van der Waals surface area contributed by atoms with Crippen molar-refractivity contribution in [2.45, 2.75) is 0 Å². The third kappa shape index (κ3) is 0.742. The fourth-order valence-corrected chi connectivity index (χ4v) is 0.605. The Bertz CT molecular complexity index is 122. The topological polar surface area (TPSA) is 32.5 Å². The number of hydrogen-bond acceptors (Lipinski definition) is 3. The maximum Gasteiger partial charge on any atom is 0.221 e. The predicted molar refractivity (Wildman–Crippen MR) is 27.8 cm³/mol. The van der Waals surface area contributed by atoms with Gasteiger partial charge in [0.1, 0.15) is 6.67 Å². The van der Waals surface area contributed by atoms with Gasteiger partial charge in [0.25, 0.3) is 0 Å². The average molecular weight is 117 g/mol. The summed E-state index contributed by atoms with van der Waals surface area (Å²) < 4.78 is 12.2. The van der Waals surface area contributed by atoms with Crippen molar-refractivity contribution in [1.29, 1.82) is 0 Å². The first-order chi connectivity index (χ1) is 3.70. The number of nitrogens with zero attached hydrogens (tertiary/aromatic N) is 2. The number of rotatable bonds is 0. The minimum absolute atomic E-state index is 0.382. The van der Waals surface area contributed by atoms with E-state index in [9.17, 15) is 4.39 Å². The van der Waals surface area contributed by atoms with E-state index in [0.717, 1.165) is 5.01 Å². The third-order valence-electron chi connectivity index (χ3n) is 0.977. The van der Waals surface area contributed by atoms with Gasteiger partial charge >= 0.3 is 0 Å². The summed E-state index contributed by atoms with van der Waals surface area (Å²) in [6.45, 7) is 0.436. The van der Waals surface area contributed by atoms with Gasteiger partial charge in [-0.05, 0) is 0 Å². The maximum atomic E-state index is 12.2. The van der Waals surface area contributed by atoms with Crippen LogP contribution in [0.25, 0.3) is 0 Å². The zero-order valence-electron chi connectivity index (χ0n) is 4.63. The van der Waals surface area contributed by atoms with Crippen molar-refractivity contribution in [3.8, 4) is 0 Å². The standard InChI is InChI=1S/C4H8FN3/c1-7-2-4(5)8(6)3-7/h2H,3,6H2,1H3. The number of halogens is 1. The quantitative estimate of drug-likeness (QED) is 0.353. The van der Waals surface area contributed by atoms with Crippen LogP contribution in [0.2, 0.25) is 0 Å². The number of hydrazine groups is 1. The van der Waals surface area contributed by atoms with Gasteiger partial charge in [-0.25, -0.2) is 5.84 Å². The Labute approximate surface area is 47.1 Å². The first-order valence-electron chi connectivity index (χ1n) is 2.30. The summed E-state index contributed by atoms with van der Waals surface area (Å²) in [6, 6.07) is 0. The molecule has 0 aromatic carbocycles. The van der Waals surface area contributed by atoms with Gasteiger partial charge in [0.05, 0.1) is 6.20 Å². The van der Waals surface area contributed by atoms with Crippen LogP contribution in [0, 0.1) is 0 Å². The highest BCUT2D eigenvalue weighted by Gasteiger charge is 2.12. The summed E-state index contributed by atoms with van der Waals surface area (Å²) in [5, 5.41) is 1.04. The van der Waals surface area contributed by atoms with Crippen LogP contribution >= 0.6 is 0 Å². The van der Waals surface area contributed by atoms with Gasteiger partial charge in [-0.1, -0.05) is 0 Å². The summed E-state index contributed by atoms with van der Waals surface area (Å²) in [4.78, 5) is 1.66. The Morgan fingerprint density at radius 2 is 2.50 bits per heavy atom. The summed E-state index contributed by atoms with van der Waals surface area (Å²) >= 11 is 0. The molecule has 1 rings (SSSR count). The second-order valence-electron chi connectivity index (χ2n) is 1.82. The Balaban J connectivity index is 2.59. The fraction of sp³-hybridized carbons (Fsp3) is 0.500. The van der Waals surface area contributed by atoms with Gasteiger partial charge in [0.15, 0.2) is 0 Å². The van der Waals surface area contributed by atoms with Crippen LogP contribution in [0.15, 0.2) is 12.2 Å². The maximum absolute atomic E-state index is 12.2. The van der Waals surface area contributed by atoms with Crippen LogP contribution in [0.5, 0.6) is 0 Å². The molecule has 2 N–H and O–H groups in total. The number of nitrogens with two attached hydrogens (primary N) is 1. The molecule has 46 valence electrons. The van der Waals surface area contributed by atoms with E-state index < -0.39 is 0 Å². The summed E-state index contributed by atoms with van der Waals surface area (Å²) in [5.41, 5.74) is 0. The highest BCUT2D eigenvalue weighted by molar-refractivity contribution is 4.93. The summed E-state index contributed by atoms with van der Waals surface area (Å²) in [6.07, 6.45) is 1.35. The van der Waals surface area contributed by atoms with E-state index >= 15 is 0 Å². The fourth-order valence-electron chi connectivity index (χ4n) is 0.605. The van der Waals surface area contributed by atoms with Crippen LogP contribution in [0.3, 0.4) is 0 Å². The molecule has 0 aromatic rings. The number of hydrogen-bond donors (Lipinski definition) is 1. The molecule has 0 spiro atoms. The van der Waals surface area contributed by atoms with Crippen LogP contribution in [0.4, 0.5) is 4.39 Å². The normalized spacial score (nSPS) is 19.6. The van der Waals surface area contributed by atoms with Crippen molar-refractivity contribution >= 4 is 0 Å². The molecule has 8 heavy (non-hydrogen) atoms. The zero-order chi connectivity index (χ0) is 6.15. The highest BCUT2D eigenvalue weighted by atomic mass is 19.1. The molecule has 0 bridgehead atoms. The van der Waals surface area contributed by atoms with Crippen molar-refractivity contribution < 1.29 is 4.39 Å². The van der Waals surface area contributed by atoms with Crippen LogP contribution < -0.4 is 5.84 Å². The van der Waals surface area contributed by atoms with E-state index in [-0.39, 0.29) is 5.95 Å². The van der Waals surface area contributed by atoms with Crippen LogP contribution in [0.1, 0.15) is 0 Å². The molecule has 0 aliphatic carbocycles. The molecule has 0 unspecified atom stereocenters. The minimum atomic E-state index is -0.382. The lowest BCUT2D eigenvalue weighted by Crippen LogP contribution is -2.30. The van der Waals surface area contributed by atoms with Crippen molar-refractivity contribution in [2.24, 2.45) is 5.84 Å². The van der Waals surface area contributed by atoms with Gasteiger partial charge in [-0.15, -0.1) is 0 Å². The molecule has 3 nitrogen and oxygen atoms in total. The van der Waals surface area contributed by atoms with Gasteiger partial charge in [-0.2, -0.15) is 4.39 Å². The van der Waals surface area contributed by atoms with Crippen molar-refractivity contribution in [3.05, 3.63) is 12.2 Å². The molecule has 0 fully saturated rings. The van der Waals surface area contributed by atoms with Gasteiger partial charge in [0.2, 0.25) is 5.95 Å². The SMILES string of the molecule is CN1C=C(F)N(N)C1. The molecule has 0 amide bonds. The molecule has 0 aromatic heterocycles. The van der Waals surface area contributed by atoms with E-state index in [2.05, 4.69) is 0 Å². The van der Waals surface area contributed by atoms with Crippen LogP contribution in [-0.4, -0.2) is 23.6 Å². The van der Waals surface area contributed by atoms with Gasteiger partial charge in [0, 0.05) is 7.05 Å². The van der Waals surface area contributed by atoms with Crippen molar-refractivity contribution in [3.63, 3.8) is 0 Å². The van der Waals surface area contributed by atoms with E-state index in [4.69, 9.17) is 5.84 Å². The molecule has 0 atom stereocenters. The largest absolute Gasteiger partial charge is 0.358 e. The van der Waals surface area contributed by atoms with E-state index in [0.29, 0.717) is 6.67 Å². The molecule has 0 radical (unpaired) electrons. The molecule has 1 heterocycles. The lowest BCUT2D eigenvalue weighted by atomic mass is 10.8. The Morgan fingerprint density at radius 3 is 2.62 bits per heavy atom. The molecule has 0 saturated carbocycles. The first-order valence-corrected chi connectivity index (χ1v) is 2.30. The average Bonchev–Trinajstić information content (AvgIpc) is 1.85. The third-order valence-corrected chi connectivity index (χ3v) is 0.977. The second kappa shape index (κ2) is 1.63. The Kier molecular flexibility index (Phi) is 1.09. The first kappa shape index (κ1) is 5.37. The molecule has 4 heteroatoms. The van der Waals surface area contributed by atoms with E-state index in [1.54, 1.807) is 11.9 Å². The Morgan fingerprint density at radius 1 is 1.88 bits per heavy atom. The molecule has 1 aliphatic heterocycles. The van der Waals surface area contributed by atoms with Crippen molar-refractivity contribution in [2.75, 3.05) is 13.7 Å². The summed E-state index contributed by atoms with van der Waals surface area (Å²) in [7, 11) is 1.76. The highest BCUT2D eigenvalue weighted by Crippen LogP contribution is 2.08. The van der Waals surface area contributed by atoms with E-state index in [1.165, 1.54) is 6.20 Å². The van der Waals surface area contributed by atoms with Gasteiger partial charge in [-0.3, -0.25) is 5.01 Å². The lowest BCUT2D eigenvalue weighted by Gasteiger charge is -2.10. The zero-order valence-corrected chi connectivity index (χ0v) is 4.63. The van der Waals surface area contributed by atoms with Gasteiger partial charge < -0.3 is 4.90 Å². The molecule has 0 saturated heterocycles. The van der Waals surface area contributed by atoms with E-state index in [1.807, 2.05) is 0 Å². The molecular formula is C4H8FN3. The summed E-state index contributed by atoms with van der Waals surface area (Å²) in [5.74, 6) is 4.74. The molecule has 1 aliphatic rings. The van der Waals surface area contributed by atoms with Crippen LogP contribution in [-0.2, 0) is 0 Å². The smallest absolute Gasteiger partial charge is 0.221 e. The monoisotopic (exact) mass is 117 g/mol. The lowest BCUT2D eigenvalue weighted by molar-refractivity contribution is 0.250. The van der Waals surface area contributed by atoms with Crippen molar-refractivity contribution in [1.82, 2.24) is 9.91 Å². The predicted octanol–water partition coefficient (Wildman–Crippen LogP) is -0.167. The second-order valence-corrected chi connectivity index (χ2v) is 1.82. The Hall–Kier alpha value is -0.770. The minimum Gasteiger partial charge on any atom is -0.358 e. The molecular weight excluding hydrogens is 109 g/mol.